The molecule has 0 spiro atoms. The van der Waals surface area contributed by atoms with Gasteiger partial charge in [-0.3, -0.25) is 0 Å². The van der Waals surface area contributed by atoms with Crippen molar-refractivity contribution in [2.45, 2.75) is 0 Å². The minimum Gasteiger partial charge on any atom is -0.454 e. The maximum atomic E-state index is 4.83. The summed E-state index contributed by atoms with van der Waals surface area (Å²) in [7, 11) is 1.55. The topological polar surface area (TPSA) is 30.8 Å². The fourth-order valence-electron chi connectivity index (χ4n) is 0.439. The average molecular weight is 101 g/mol. The summed E-state index contributed by atoms with van der Waals surface area (Å²) in [6.45, 7) is 1.41. The molecule has 0 aromatic heterocycles. The van der Waals surface area contributed by atoms with E-state index >= 15 is 0 Å². The van der Waals surface area contributed by atoms with E-state index in [9.17, 15) is 0 Å². The van der Waals surface area contributed by atoms with Gasteiger partial charge in [-0.15, -0.1) is 0 Å². The maximum Gasteiger partial charge on any atom is 0.383 e. The molecular weight excluding hydrogens is 94.0 g/mol. The van der Waals surface area contributed by atoms with Crippen LogP contribution in [-0.4, -0.2) is 26.3 Å². The van der Waals surface area contributed by atoms with E-state index in [4.69, 9.17) is 4.74 Å². The van der Waals surface area contributed by atoms with Crippen molar-refractivity contribution in [3.05, 3.63) is 0 Å². The predicted molar refractivity (Wildman–Crippen MR) is 25.3 cm³/mol. The van der Waals surface area contributed by atoms with E-state index in [2.05, 4.69) is 9.73 Å². The van der Waals surface area contributed by atoms with E-state index in [0.717, 1.165) is 6.54 Å². The molecule has 3 heteroatoms. The number of rotatable bonds is 0. The summed E-state index contributed by atoms with van der Waals surface area (Å²) in [6, 6.07) is 0. The zero-order valence-corrected chi connectivity index (χ0v) is 4.18. The maximum absolute atomic E-state index is 4.83. The largest absolute Gasteiger partial charge is 0.454 e. The van der Waals surface area contributed by atoms with Crippen LogP contribution < -0.4 is 0 Å². The molecule has 1 heterocycles. The summed E-state index contributed by atoms with van der Waals surface area (Å²) in [4.78, 5) is 3.83. The summed E-state index contributed by atoms with van der Waals surface area (Å²) >= 11 is 0. The van der Waals surface area contributed by atoms with E-state index < -0.39 is 0 Å². The Labute approximate surface area is 42.0 Å². The Morgan fingerprint density at radius 1 is 1.86 bits per heavy atom. The van der Waals surface area contributed by atoms with Crippen LogP contribution in [0.5, 0.6) is 0 Å². The molecule has 0 N–H and O–H groups in total. The van der Waals surface area contributed by atoms with E-state index in [1.54, 1.807) is 7.11 Å². The van der Waals surface area contributed by atoms with E-state index in [1.165, 1.54) is 0 Å². The third kappa shape index (κ3) is 0.824. The highest BCUT2D eigenvalue weighted by atomic mass is 16.7. The minimum atomic E-state index is 0.417. The van der Waals surface area contributed by atoms with Crippen molar-refractivity contribution in [1.82, 2.24) is 0 Å². The lowest BCUT2D eigenvalue weighted by molar-refractivity contribution is 0.228. The van der Waals surface area contributed by atoms with Gasteiger partial charge in [0.15, 0.2) is 0 Å². The van der Waals surface area contributed by atoms with Gasteiger partial charge in [0.1, 0.15) is 6.61 Å². The van der Waals surface area contributed by atoms with Crippen LogP contribution in [0.4, 0.5) is 0 Å². The zero-order valence-electron chi connectivity index (χ0n) is 4.18. The lowest BCUT2D eigenvalue weighted by Gasteiger charge is -1.93. The SMILES string of the molecule is COC1=NCCO1. The highest BCUT2D eigenvalue weighted by Crippen LogP contribution is 1.91. The third-order valence-corrected chi connectivity index (χ3v) is 0.732. The zero-order chi connectivity index (χ0) is 5.11. The monoisotopic (exact) mass is 101 g/mol. The molecule has 1 aliphatic heterocycles. The first-order valence-corrected chi connectivity index (χ1v) is 2.15. The number of aliphatic imine (C=N–C) groups is 1. The van der Waals surface area contributed by atoms with Gasteiger partial charge in [0, 0.05) is 0 Å². The van der Waals surface area contributed by atoms with Crippen LogP contribution in [0.3, 0.4) is 0 Å². The van der Waals surface area contributed by atoms with Crippen molar-refractivity contribution in [2.24, 2.45) is 4.99 Å². The van der Waals surface area contributed by atoms with Gasteiger partial charge in [-0.25, -0.2) is 4.99 Å². The first kappa shape index (κ1) is 4.43. The molecule has 0 bridgehead atoms. The second kappa shape index (κ2) is 1.82. The quantitative estimate of drug-likeness (QED) is 0.430. The molecule has 0 fully saturated rings. The van der Waals surface area contributed by atoms with Gasteiger partial charge in [0.25, 0.3) is 0 Å². The number of methoxy groups -OCH3 is 1. The van der Waals surface area contributed by atoms with Crippen LogP contribution in [0.2, 0.25) is 0 Å². The van der Waals surface area contributed by atoms with Crippen molar-refractivity contribution in [1.29, 1.82) is 0 Å². The molecule has 1 rings (SSSR count). The Morgan fingerprint density at radius 3 is 3.00 bits per heavy atom. The molecule has 0 aromatic rings. The summed E-state index contributed by atoms with van der Waals surface area (Å²) in [5, 5.41) is 0. The average Bonchev–Trinajstić information content (AvgIpc) is 2.14. The molecule has 0 aromatic carbocycles. The van der Waals surface area contributed by atoms with Crippen molar-refractivity contribution in [2.75, 3.05) is 20.3 Å². The first-order chi connectivity index (χ1) is 3.43. The van der Waals surface area contributed by atoms with Crippen LogP contribution in [0.15, 0.2) is 4.99 Å². The van der Waals surface area contributed by atoms with Gasteiger partial charge in [-0.05, 0) is 0 Å². The fourth-order valence-corrected chi connectivity index (χ4v) is 0.439. The van der Waals surface area contributed by atoms with Gasteiger partial charge in [0.2, 0.25) is 0 Å². The summed E-state index contributed by atoms with van der Waals surface area (Å²) in [6.07, 6.45) is 0.417. The van der Waals surface area contributed by atoms with E-state index in [-0.39, 0.29) is 0 Å². The highest BCUT2D eigenvalue weighted by Gasteiger charge is 2.03. The fraction of sp³-hybridized carbons (Fsp3) is 0.750. The van der Waals surface area contributed by atoms with Gasteiger partial charge in [-0.2, -0.15) is 0 Å². The first-order valence-electron chi connectivity index (χ1n) is 2.15. The molecular formula is C4H7NO2. The lowest BCUT2D eigenvalue weighted by Crippen LogP contribution is -1.99. The molecule has 7 heavy (non-hydrogen) atoms. The van der Waals surface area contributed by atoms with Gasteiger partial charge in [-0.1, -0.05) is 0 Å². The minimum absolute atomic E-state index is 0.417. The van der Waals surface area contributed by atoms with Crippen LogP contribution in [0.1, 0.15) is 0 Å². The summed E-state index contributed by atoms with van der Waals surface area (Å²) < 4.78 is 9.47. The van der Waals surface area contributed by atoms with E-state index in [0.29, 0.717) is 12.7 Å². The second-order valence-corrected chi connectivity index (χ2v) is 1.20. The molecule has 0 amide bonds. The standard InChI is InChI=1S/C4H7NO2/c1-6-4-5-2-3-7-4/h2-3H2,1H3. The molecule has 3 nitrogen and oxygen atoms in total. The van der Waals surface area contributed by atoms with Gasteiger partial charge < -0.3 is 9.47 Å². The Bertz CT molecular complexity index is 89.7. The molecule has 1 aliphatic rings. The Hall–Kier alpha value is -0.730. The van der Waals surface area contributed by atoms with Crippen LogP contribution in [0, 0.1) is 0 Å². The Balaban J connectivity index is 2.36. The number of hydrogen-bond acceptors (Lipinski definition) is 3. The van der Waals surface area contributed by atoms with E-state index in [1.807, 2.05) is 0 Å². The Kier molecular flexibility index (Phi) is 1.15. The normalized spacial score (nSPS) is 18.1. The summed E-state index contributed by atoms with van der Waals surface area (Å²) in [5.41, 5.74) is 0. The molecule has 0 unspecified atom stereocenters. The van der Waals surface area contributed by atoms with Crippen LogP contribution in [-0.2, 0) is 9.47 Å². The Morgan fingerprint density at radius 2 is 2.71 bits per heavy atom. The van der Waals surface area contributed by atoms with Crippen LogP contribution in [0.25, 0.3) is 0 Å². The van der Waals surface area contributed by atoms with Crippen LogP contribution >= 0.6 is 0 Å². The predicted octanol–water partition coefficient (Wildman–Crippen LogP) is 0.0190. The molecule has 40 valence electrons. The third-order valence-electron chi connectivity index (χ3n) is 0.732. The van der Waals surface area contributed by atoms with Crippen molar-refractivity contribution in [3.63, 3.8) is 0 Å². The molecule has 0 saturated carbocycles. The molecule has 0 atom stereocenters. The van der Waals surface area contributed by atoms with Gasteiger partial charge in [0.05, 0.1) is 13.7 Å². The van der Waals surface area contributed by atoms with Crippen molar-refractivity contribution < 1.29 is 9.47 Å². The molecule has 0 aliphatic carbocycles. The number of hydrogen-bond donors (Lipinski definition) is 0. The second-order valence-electron chi connectivity index (χ2n) is 1.20. The highest BCUT2D eigenvalue weighted by molar-refractivity contribution is 5.67. The summed E-state index contributed by atoms with van der Waals surface area (Å²) in [5.74, 6) is 0. The van der Waals surface area contributed by atoms with Gasteiger partial charge >= 0.3 is 6.08 Å². The molecule has 0 radical (unpaired) electrons. The smallest absolute Gasteiger partial charge is 0.383 e. The number of nitrogens with zero attached hydrogens (tertiary/aromatic N) is 1. The lowest BCUT2D eigenvalue weighted by atomic mass is 10.8. The van der Waals surface area contributed by atoms with Crippen molar-refractivity contribution in [3.8, 4) is 0 Å². The number of ether oxygens (including phenoxy) is 2. The van der Waals surface area contributed by atoms with Crippen molar-refractivity contribution >= 4 is 6.08 Å². The molecule has 0 saturated heterocycles.